The lowest BCUT2D eigenvalue weighted by atomic mass is 10.1. The number of nitrogen functional groups attached to an aromatic ring is 1. The maximum atomic E-state index is 12.1. The Hall–Kier alpha value is -2.13. The van der Waals surface area contributed by atoms with Crippen molar-refractivity contribution >= 4 is 27.1 Å². The van der Waals surface area contributed by atoms with Gasteiger partial charge in [-0.05, 0) is 17.7 Å². The first-order valence-electron chi connectivity index (χ1n) is 5.63. The SMILES string of the molecule is Nc1cccc2c(=O)cc(-c3ccccc3)sc12. The first-order valence-corrected chi connectivity index (χ1v) is 6.45. The fraction of sp³-hybridized carbons (Fsp3) is 0. The molecule has 3 rings (SSSR count). The van der Waals surface area contributed by atoms with Gasteiger partial charge in [0.1, 0.15) is 0 Å². The van der Waals surface area contributed by atoms with Gasteiger partial charge in [0.05, 0.1) is 4.70 Å². The summed E-state index contributed by atoms with van der Waals surface area (Å²) in [7, 11) is 0. The van der Waals surface area contributed by atoms with Gasteiger partial charge in [0.15, 0.2) is 5.43 Å². The molecular formula is C15H11NOS. The van der Waals surface area contributed by atoms with Crippen LogP contribution in [-0.4, -0.2) is 0 Å². The Bertz CT molecular complexity index is 762. The second kappa shape index (κ2) is 4.27. The summed E-state index contributed by atoms with van der Waals surface area (Å²) in [5.41, 5.74) is 7.67. The zero-order chi connectivity index (χ0) is 12.5. The van der Waals surface area contributed by atoms with Crippen LogP contribution in [0.2, 0.25) is 0 Å². The highest BCUT2D eigenvalue weighted by atomic mass is 32.1. The zero-order valence-electron chi connectivity index (χ0n) is 9.59. The minimum absolute atomic E-state index is 0.0231. The summed E-state index contributed by atoms with van der Waals surface area (Å²) in [5.74, 6) is 0. The van der Waals surface area contributed by atoms with E-state index in [1.54, 1.807) is 17.4 Å². The fourth-order valence-corrected chi connectivity index (χ4v) is 3.05. The van der Waals surface area contributed by atoms with Crippen LogP contribution < -0.4 is 11.2 Å². The van der Waals surface area contributed by atoms with Crippen molar-refractivity contribution in [1.82, 2.24) is 0 Å². The number of hydrogen-bond donors (Lipinski definition) is 1. The largest absolute Gasteiger partial charge is 0.398 e. The number of benzene rings is 2. The van der Waals surface area contributed by atoms with E-state index in [1.807, 2.05) is 48.5 Å². The van der Waals surface area contributed by atoms with Crippen molar-refractivity contribution < 1.29 is 0 Å². The van der Waals surface area contributed by atoms with Crippen LogP contribution in [0.1, 0.15) is 0 Å². The Labute approximate surface area is 108 Å². The molecule has 0 aliphatic heterocycles. The van der Waals surface area contributed by atoms with Gasteiger partial charge in [-0.2, -0.15) is 0 Å². The van der Waals surface area contributed by atoms with Crippen molar-refractivity contribution in [2.75, 3.05) is 5.73 Å². The zero-order valence-corrected chi connectivity index (χ0v) is 10.4. The molecule has 0 atom stereocenters. The molecule has 2 nitrogen and oxygen atoms in total. The minimum Gasteiger partial charge on any atom is -0.398 e. The van der Waals surface area contributed by atoms with E-state index < -0.39 is 0 Å². The van der Waals surface area contributed by atoms with Crippen molar-refractivity contribution in [3.63, 3.8) is 0 Å². The molecule has 0 unspecified atom stereocenters. The topological polar surface area (TPSA) is 43.1 Å². The van der Waals surface area contributed by atoms with E-state index in [2.05, 4.69) is 0 Å². The molecule has 88 valence electrons. The molecule has 1 aromatic heterocycles. The highest BCUT2D eigenvalue weighted by molar-refractivity contribution is 7.22. The average Bonchev–Trinajstić information content (AvgIpc) is 2.41. The second-order valence-corrected chi connectivity index (χ2v) is 5.12. The van der Waals surface area contributed by atoms with Crippen LogP contribution in [0.3, 0.4) is 0 Å². The molecule has 0 bridgehead atoms. The first-order chi connectivity index (χ1) is 8.75. The van der Waals surface area contributed by atoms with Gasteiger partial charge >= 0.3 is 0 Å². The van der Waals surface area contributed by atoms with Gasteiger partial charge in [-0.1, -0.05) is 36.4 Å². The molecule has 0 saturated carbocycles. The molecule has 0 saturated heterocycles. The Morgan fingerprint density at radius 1 is 0.944 bits per heavy atom. The number of rotatable bonds is 1. The summed E-state index contributed by atoms with van der Waals surface area (Å²) in [6.45, 7) is 0. The Morgan fingerprint density at radius 2 is 1.72 bits per heavy atom. The van der Waals surface area contributed by atoms with Crippen molar-refractivity contribution in [2.45, 2.75) is 0 Å². The lowest BCUT2D eigenvalue weighted by Gasteiger charge is -2.04. The lowest BCUT2D eigenvalue weighted by molar-refractivity contribution is 1.66. The monoisotopic (exact) mass is 253 g/mol. The van der Waals surface area contributed by atoms with Gasteiger partial charge < -0.3 is 5.73 Å². The fourth-order valence-electron chi connectivity index (χ4n) is 1.94. The Kier molecular flexibility index (Phi) is 2.61. The highest BCUT2D eigenvalue weighted by Gasteiger charge is 2.06. The summed E-state index contributed by atoms with van der Waals surface area (Å²) in [4.78, 5) is 13.0. The molecule has 18 heavy (non-hydrogen) atoms. The first kappa shape index (κ1) is 11.0. The van der Waals surface area contributed by atoms with E-state index in [9.17, 15) is 4.79 Å². The molecule has 0 aliphatic carbocycles. The Morgan fingerprint density at radius 3 is 2.50 bits per heavy atom. The molecule has 0 radical (unpaired) electrons. The molecule has 2 N–H and O–H groups in total. The van der Waals surface area contributed by atoms with Crippen LogP contribution in [-0.2, 0) is 0 Å². The summed E-state index contributed by atoms with van der Waals surface area (Å²) < 4.78 is 0.865. The van der Waals surface area contributed by atoms with Gasteiger partial charge in [0.25, 0.3) is 0 Å². The van der Waals surface area contributed by atoms with Gasteiger partial charge in [0.2, 0.25) is 0 Å². The summed E-state index contributed by atoms with van der Waals surface area (Å²) in [6.07, 6.45) is 0. The van der Waals surface area contributed by atoms with E-state index in [1.165, 1.54) is 0 Å². The van der Waals surface area contributed by atoms with Crippen LogP contribution in [0.25, 0.3) is 20.5 Å². The van der Waals surface area contributed by atoms with Crippen LogP contribution in [0.4, 0.5) is 5.69 Å². The molecule has 3 heteroatoms. The van der Waals surface area contributed by atoms with Gasteiger partial charge in [0, 0.05) is 22.0 Å². The average molecular weight is 253 g/mol. The summed E-state index contributed by atoms with van der Waals surface area (Å²) in [6, 6.07) is 17.0. The normalized spacial score (nSPS) is 10.7. The number of fused-ring (bicyclic) bond motifs is 1. The number of nitrogens with two attached hydrogens (primary N) is 1. The van der Waals surface area contributed by atoms with Gasteiger partial charge in [-0.25, -0.2) is 0 Å². The molecule has 2 aromatic carbocycles. The van der Waals surface area contributed by atoms with Crippen LogP contribution in [0, 0.1) is 0 Å². The van der Waals surface area contributed by atoms with E-state index in [0.29, 0.717) is 11.1 Å². The smallest absolute Gasteiger partial charge is 0.188 e. The maximum Gasteiger partial charge on any atom is 0.188 e. The molecular weight excluding hydrogens is 242 g/mol. The van der Waals surface area contributed by atoms with Crippen molar-refractivity contribution in [3.05, 3.63) is 64.8 Å². The van der Waals surface area contributed by atoms with Crippen molar-refractivity contribution in [1.29, 1.82) is 0 Å². The van der Waals surface area contributed by atoms with Crippen LogP contribution in [0.15, 0.2) is 59.4 Å². The molecule has 1 heterocycles. The number of hydrogen-bond acceptors (Lipinski definition) is 3. The quantitative estimate of drug-likeness (QED) is 0.674. The molecule has 0 amide bonds. The van der Waals surface area contributed by atoms with Gasteiger partial charge in [-0.15, -0.1) is 11.3 Å². The molecule has 0 fully saturated rings. The second-order valence-electron chi connectivity index (χ2n) is 4.06. The molecule has 3 aromatic rings. The third-order valence-corrected chi connectivity index (χ3v) is 4.08. The third kappa shape index (κ3) is 1.79. The predicted molar refractivity (Wildman–Crippen MR) is 77.9 cm³/mol. The number of anilines is 1. The summed E-state index contributed by atoms with van der Waals surface area (Å²) in [5, 5.41) is 0.694. The van der Waals surface area contributed by atoms with E-state index in [4.69, 9.17) is 5.73 Å². The van der Waals surface area contributed by atoms with Crippen LogP contribution in [0.5, 0.6) is 0 Å². The standard InChI is InChI=1S/C15H11NOS/c16-12-8-4-7-11-13(17)9-14(18-15(11)12)10-5-2-1-3-6-10/h1-9H,16H2. The van der Waals surface area contributed by atoms with Crippen LogP contribution >= 0.6 is 11.3 Å². The minimum atomic E-state index is 0.0231. The third-order valence-electron chi connectivity index (χ3n) is 2.84. The van der Waals surface area contributed by atoms with Gasteiger partial charge in [-0.3, -0.25) is 4.79 Å². The highest BCUT2D eigenvalue weighted by Crippen LogP contribution is 2.30. The molecule has 0 spiro atoms. The van der Waals surface area contributed by atoms with E-state index >= 15 is 0 Å². The lowest BCUT2D eigenvalue weighted by Crippen LogP contribution is -2.00. The molecule has 0 aliphatic rings. The Balaban J connectivity index is 2.34. The summed E-state index contributed by atoms with van der Waals surface area (Å²) >= 11 is 1.56. The van der Waals surface area contributed by atoms with E-state index in [0.717, 1.165) is 15.1 Å². The van der Waals surface area contributed by atoms with Crippen molar-refractivity contribution in [3.8, 4) is 10.4 Å². The predicted octanol–water partition coefficient (Wildman–Crippen LogP) is 3.51. The van der Waals surface area contributed by atoms with Crippen molar-refractivity contribution in [2.24, 2.45) is 0 Å². The maximum absolute atomic E-state index is 12.1. The van der Waals surface area contributed by atoms with E-state index in [-0.39, 0.29) is 5.43 Å².